The number of carbonyl (C=O) groups excluding carboxylic acids is 1. The quantitative estimate of drug-likeness (QED) is 0.299. The van der Waals surface area contributed by atoms with E-state index in [0.29, 0.717) is 0 Å². The minimum Gasteiger partial charge on any atom is -0.550 e. The topological polar surface area (TPSA) is 156 Å². The standard InChI is InChI=1S/C8H16O2.C6H13NO5.Na/c1-3-5-7(6-4-2)8(9)10;7-3-5(10)4(9)2(1-8)12-6(3)11;/h7H,3-6H2,1-2H3,(H,9,10);2-6,8-11H,1,7H2;/q;;+1/p-1/t;2-,3-,4-,5-,6-;/m.1./s1. The van der Waals surface area contributed by atoms with Crippen LogP contribution in [-0.4, -0.2) is 63.6 Å². The largest absolute Gasteiger partial charge is 1.00 e. The molecule has 0 aromatic rings. The fraction of sp³-hybridized carbons (Fsp3) is 0.929. The molecule has 0 bridgehead atoms. The molecule has 0 aliphatic carbocycles. The Morgan fingerprint density at radius 1 is 1.17 bits per heavy atom. The third kappa shape index (κ3) is 8.76. The summed E-state index contributed by atoms with van der Waals surface area (Å²) in [7, 11) is 0. The molecule has 0 aromatic carbocycles. The van der Waals surface area contributed by atoms with Gasteiger partial charge in [-0.15, -0.1) is 0 Å². The number of nitrogens with two attached hydrogens (primary N) is 1. The van der Waals surface area contributed by atoms with Crippen molar-refractivity contribution in [1.82, 2.24) is 0 Å². The molecule has 0 spiro atoms. The number of aliphatic hydroxyl groups excluding tert-OH is 4. The molecule has 1 saturated heterocycles. The van der Waals surface area contributed by atoms with Gasteiger partial charge in [0.05, 0.1) is 12.6 Å². The van der Waals surface area contributed by atoms with Gasteiger partial charge in [-0.05, 0) is 18.8 Å². The Bertz CT molecular complexity index is 311. The Balaban J connectivity index is 0. The number of aliphatic carboxylic acids is 1. The first kappa shape index (κ1) is 25.5. The maximum absolute atomic E-state index is 10.4. The Labute approximate surface area is 158 Å². The average molecular weight is 345 g/mol. The molecule has 0 saturated carbocycles. The Kier molecular flexibility index (Phi) is 15.0. The SMILES string of the molecule is CCCC(CCC)C(=O)[O-].N[C@@H]1[C@@H](O)[C@H](O)[C@@H](CO)O[C@H]1O.[Na+]. The molecule has 1 rings (SSSR count). The summed E-state index contributed by atoms with van der Waals surface area (Å²) in [4.78, 5) is 10.4. The van der Waals surface area contributed by atoms with Crippen molar-refractivity contribution >= 4 is 5.97 Å². The van der Waals surface area contributed by atoms with Gasteiger partial charge in [-0.1, -0.05) is 26.7 Å². The van der Waals surface area contributed by atoms with E-state index in [1.54, 1.807) is 0 Å². The molecule has 1 fully saturated rings. The molecule has 132 valence electrons. The van der Waals surface area contributed by atoms with Crippen molar-refractivity contribution in [2.24, 2.45) is 11.7 Å². The Hall–Kier alpha value is 0.230. The summed E-state index contributed by atoms with van der Waals surface area (Å²) in [6, 6.07) is -1.04. The van der Waals surface area contributed by atoms with Crippen LogP contribution in [-0.2, 0) is 9.53 Å². The van der Waals surface area contributed by atoms with Crippen LogP contribution in [0.25, 0.3) is 0 Å². The monoisotopic (exact) mass is 345 g/mol. The van der Waals surface area contributed by atoms with E-state index < -0.39 is 43.2 Å². The summed E-state index contributed by atoms with van der Waals surface area (Å²) in [6.45, 7) is 3.51. The first-order valence-electron chi connectivity index (χ1n) is 7.56. The molecule has 6 N–H and O–H groups in total. The van der Waals surface area contributed by atoms with Crippen LogP contribution in [0.5, 0.6) is 0 Å². The maximum Gasteiger partial charge on any atom is 1.00 e. The average Bonchev–Trinajstić information content (AvgIpc) is 2.49. The van der Waals surface area contributed by atoms with E-state index in [2.05, 4.69) is 0 Å². The molecule has 0 amide bonds. The van der Waals surface area contributed by atoms with E-state index in [1.165, 1.54) is 0 Å². The second kappa shape index (κ2) is 13.5. The fourth-order valence-electron chi connectivity index (χ4n) is 2.19. The summed E-state index contributed by atoms with van der Waals surface area (Å²) in [5, 5.41) is 46.4. The van der Waals surface area contributed by atoms with E-state index in [0.717, 1.165) is 25.7 Å². The number of carboxylic acids is 1. The second-order valence-corrected chi connectivity index (χ2v) is 5.40. The van der Waals surface area contributed by atoms with Crippen molar-refractivity contribution in [1.29, 1.82) is 0 Å². The van der Waals surface area contributed by atoms with E-state index in [1.807, 2.05) is 13.8 Å². The third-order valence-corrected chi connectivity index (χ3v) is 3.56. The van der Waals surface area contributed by atoms with Gasteiger partial charge in [0.1, 0.15) is 18.3 Å². The van der Waals surface area contributed by atoms with E-state index >= 15 is 0 Å². The van der Waals surface area contributed by atoms with Crippen LogP contribution in [0.1, 0.15) is 39.5 Å². The van der Waals surface area contributed by atoms with Gasteiger partial charge in [0, 0.05) is 5.97 Å². The Morgan fingerprint density at radius 3 is 2.00 bits per heavy atom. The predicted octanol–water partition coefficient (Wildman–Crippen LogP) is -5.30. The van der Waals surface area contributed by atoms with Crippen molar-refractivity contribution < 1.29 is 64.6 Å². The molecule has 0 radical (unpaired) electrons. The number of ether oxygens (including phenoxy) is 1. The van der Waals surface area contributed by atoms with Crippen molar-refractivity contribution in [3.05, 3.63) is 0 Å². The molecule has 0 aromatic heterocycles. The molecule has 1 heterocycles. The fourth-order valence-corrected chi connectivity index (χ4v) is 2.19. The van der Waals surface area contributed by atoms with E-state index in [-0.39, 0.29) is 35.5 Å². The first-order chi connectivity index (χ1) is 10.3. The van der Waals surface area contributed by atoms with Crippen LogP contribution < -0.4 is 40.4 Å². The van der Waals surface area contributed by atoms with Crippen molar-refractivity contribution in [3.63, 3.8) is 0 Å². The van der Waals surface area contributed by atoms with Gasteiger partial charge < -0.3 is 40.8 Å². The number of hydrogen-bond donors (Lipinski definition) is 5. The second-order valence-electron chi connectivity index (χ2n) is 5.40. The van der Waals surface area contributed by atoms with Crippen molar-refractivity contribution in [3.8, 4) is 0 Å². The van der Waals surface area contributed by atoms with E-state index in [4.69, 9.17) is 20.7 Å². The summed E-state index contributed by atoms with van der Waals surface area (Å²) in [5.41, 5.74) is 5.26. The van der Waals surface area contributed by atoms with Gasteiger partial charge >= 0.3 is 29.6 Å². The van der Waals surface area contributed by atoms with E-state index in [9.17, 15) is 20.1 Å². The van der Waals surface area contributed by atoms with Crippen molar-refractivity contribution in [2.45, 2.75) is 70.2 Å². The summed E-state index contributed by atoms with van der Waals surface area (Å²) in [5.74, 6) is -1.10. The molecule has 23 heavy (non-hydrogen) atoms. The summed E-state index contributed by atoms with van der Waals surface area (Å²) in [6.07, 6.45) is -1.47. The zero-order valence-corrected chi connectivity index (χ0v) is 16.1. The van der Waals surface area contributed by atoms with Crippen LogP contribution >= 0.6 is 0 Å². The number of carboxylic acid groups (broad SMARTS) is 1. The molecule has 1 aliphatic rings. The smallest absolute Gasteiger partial charge is 0.550 e. The molecule has 5 atom stereocenters. The van der Waals surface area contributed by atoms with Crippen LogP contribution in [0.2, 0.25) is 0 Å². The number of carbonyl (C=O) groups is 1. The van der Waals surface area contributed by atoms with Crippen LogP contribution in [0.3, 0.4) is 0 Å². The third-order valence-electron chi connectivity index (χ3n) is 3.56. The summed E-state index contributed by atoms with van der Waals surface area (Å²) < 4.78 is 4.70. The number of aliphatic hydroxyl groups is 4. The van der Waals surface area contributed by atoms with Gasteiger partial charge in [-0.3, -0.25) is 0 Å². The minimum absolute atomic E-state index is 0. The van der Waals surface area contributed by atoms with Crippen LogP contribution in [0, 0.1) is 5.92 Å². The molecule has 9 heteroatoms. The van der Waals surface area contributed by atoms with Gasteiger partial charge in [0.25, 0.3) is 0 Å². The predicted molar refractivity (Wildman–Crippen MR) is 76.3 cm³/mol. The zero-order valence-electron chi connectivity index (χ0n) is 14.1. The number of rotatable bonds is 6. The molecule has 0 unspecified atom stereocenters. The van der Waals surface area contributed by atoms with Gasteiger partial charge in [0.15, 0.2) is 6.29 Å². The van der Waals surface area contributed by atoms with Crippen molar-refractivity contribution in [2.75, 3.05) is 6.61 Å². The summed E-state index contributed by atoms with van der Waals surface area (Å²) >= 11 is 0. The molecular weight excluding hydrogens is 317 g/mol. The molecule has 1 aliphatic heterocycles. The maximum atomic E-state index is 10.4. The normalized spacial score (nSPS) is 30.2. The van der Waals surface area contributed by atoms with Crippen LogP contribution in [0.4, 0.5) is 0 Å². The van der Waals surface area contributed by atoms with Gasteiger partial charge in [-0.2, -0.15) is 0 Å². The Morgan fingerprint density at radius 2 is 1.65 bits per heavy atom. The van der Waals surface area contributed by atoms with Crippen LogP contribution in [0.15, 0.2) is 0 Å². The number of hydrogen-bond acceptors (Lipinski definition) is 8. The van der Waals surface area contributed by atoms with Gasteiger partial charge in [-0.25, -0.2) is 0 Å². The molecular formula is C14H28NNaO7. The minimum atomic E-state index is -1.35. The van der Waals surface area contributed by atoms with Gasteiger partial charge in [0.2, 0.25) is 0 Å². The zero-order chi connectivity index (χ0) is 17.3. The molecule has 8 nitrogen and oxygen atoms in total. The first-order valence-corrected chi connectivity index (χ1v) is 7.56.